The fourth-order valence-corrected chi connectivity index (χ4v) is 3.59. The van der Waals surface area contributed by atoms with Crippen LogP contribution in [0.15, 0.2) is 0 Å². The fraction of sp³-hybridized carbons (Fsp3) is 0.895. The van der Waals surface area contributed by atoms with Crippen LogP contribution in [0.3, 0.4) is 0 Å². The van der Waals surface area contributed by atoms with Crippen molar-refractivity contribution in [2.45, 2.75) is 82.1 Å². The second kappa shape index (κ2) is 14.7. The molecule has 0 aromatic heterocycles. The quantitative estimate of drug-likeness (QED) is 0.111. The lowest BCUT2D eigenvalue weighted by Gasteiger charge is -2.43. The van der Waals surface area contributed by atoms with Gasteiger partial charge in [0.05, 0.1) is 13.2 Å². The first-order chi connectivity index (χ1) is 14.3. The molecule has 0 saturated carbocycles. The molecule has 30 heavy (non-hydrogen) atoms. The number of rotatable bonds is 15. The highest BCUT2D eigenvalue weighted by Crippen LogP contribution is 2.27. The summed E-state index contributed by atoms with van der Waals surface area (Å²) >= 11 is 1.47. The van der Waals surface area contributed by atoms with Crippen molar-refractivity contribution in [3.63, 3.8) is 0 Å². The Morgan fingerprint density at radius 2 is 1.97 bits per heavy atom. The van der Waals surface area contributed by atoms with E-state index in [1.807, 2.05) is 0 Å². The van der Waals surface area contributed by atoms with Crippen LogP contribution < -0.4 is 0 Å². The Hall–Kier alpha value is -0.250. The fourth-order valence-electron chi connectivity index (χ4n) is 3.05. The van der Waals surface area contributed by atoms with Crippen molar-refractivity contribution >= 4 is 32.7 Å². The Morgan fingerprint density at radius 3 is 2.50 bits per heavy atom. The summed E-state index contributed by atoms with van der Waals surface area (Å²) in [7, 11) is 1.38. The van der Waals surface area contributed by atoms with Gasteiger partial charge in [0.2, 0.25) is 3.79 Å². The second-order valence-electron chi connectivity index (χ2n) is 7.07. The van der Waals surface area contributed by atoms with Gasteiger partial charge >= 0.3 is 0 Å². The lowest BCUT2D eigenvalue weighted by atomic mass is 9.99. The molecule has 0 radical (unpaired) electrons. The molecular weight excluding hydrogens is 515 g/mol. The van der Waals surface area contributed by atoms with Crippen molar-refractivity contribution in [3.05, 3.63) is 0 Å². The molecule has 1 saturated heterocycles. The van der Waals surface area contributed by atoms with Gasteiger partial charge in [-0.05, 0) is 13.3 Å². The number of aldehydes is 1. The van der Waals surface area contributed by atoms with E-state index in [-0.39, 0.29) is 6.61 Å². The molecule has 0 bridgehead atoms. The number of aliphatic hydroxyl groups is 3. The zero-order valence-electron chi connectivity index (χ0n) is 17.5. The smallest absolute Gasteiger partial charge is 0.223 e. The number of methoxy groups -OCH3 is 1. The lowest BCUT2D eigenvalue weighted by molar-refractivity contribution is -0.319. The molecule has 0 aliphatic carbocycles. The third-order valence-corrected chi connectivity index (χ3v) is 5.30. The van der Waals surface area contributed by atoms with Crippen molar-refractivity contribution in [2.75, 3.05) is 26.9 Å². The Bertz CT molecular complexity index is 508. The van der Waals surface area contributed by atoms with Crippen LogP contribution in [-0.2, 0) is 33.3 Å². The minimum Gasteiger partial charge on any atom is -0.394 e. The van der Waals surface area contributed by atoms with E-state index >= 15 is 0 Å². The van der Waals surface area contributed by atoms with Gasteiger partial charge in [0.15, 0.2) is 12.4 Å². The van der Waals surface area contributed by atoms with Crippen LogP contribution in [0, 0.1) is 0 Å². The van der Waals surface area contributed by atoms with Gasteiger partial charge in [0.1, 0.15) is 42.9 Å². The van der Waals surface area contributed by atoms with Gasteiger partial charge in [0.25, 0.3) is 0 Å². The zero-order chi connectivity index (χ0) is 22.7. The van der Waals surface area contributed by atoms with E-state index < -0.39 is 59.4 Å². The zero-order valence-corrected chi connectivity index (χ0v) is 19.7. The van der Waals surface area contributed by atoms with Crippen LogP contribution >= 0.6 is 22.6 Å². The third kappa shape index (κ3) is 8.36. The van der Waals surface area contributed by atoms with Crippen LogP contribution in [-0.4, -0.2) is 101 Å². The van der Waals surface area contributed by atoms with Gasteiger partial charge in [-0.1, -0.05) is 19.8 Å². The first-order valence-corrected chi connectivity index (χ1v) is 11.1. The molecule has 1 rings (SSSR count). The van der Waals surface area contributed by atoms with E-state index in [9.17, 15) is 24.9 Å². The van der Waals surface area contributed by atoms with Crippen molar-refractivity contribution in [2.24, 2.45) is 0 Å². The van der Waals surface area contributed by atoms with Gasteiger partial charge < -0.3 is 43.8 Å². The van der Waals surface area contributed by atoms with Crippen LogP contribution in [0.5, 0.6) is 0 Å². The number of aliphatic hydroxyl groups excluding tert-OH is 3. The van der Waals surface area contributed by atoms with Crippen LogP contribution in [0.4, 0.5) is 0 Å². The highest BCUT2D eigenvalue weighted by molar-refractivity contribution is 14.1. The average molecular weight is 548 g/mol. The number of ether oxygens (including phenoxy) is 5. The number of carbonyl (C=O) groups excluding carboxylic acids is 2. The molecule has 176 valence electrons. The van der Waals surface area contributed by atoms with Crippen LogP contribution in [0.25, 0.3) is 0 Å². The highest BCUT2D eigenvalue weighted by atomic mass is 127. The molecule has 11 heteroatoms. The number of hydrogen-bond acceptors (Lipinski definition) is 10. The lowest BCUT2D eigenvalue weighted by Crippen LogP contribution is -2.61. The summed E-state index contributed by atoms with van der Waals surface area (Å²) in [6.45, 7) is 3.53. The molecule has 1 aliphatic rings. The van der Waals surface area contributed by atoms with Crippen molar-refractivity contribution in [3.8, 4) is 0 Å². The summed E-state index contributed by atoms with van der Waals surface area (Å²) in [6.07, 6.45) is -5.81. The van der Waals surface area contributed by atoms with Gasteiger partial charge in [0, 0.05) is 36.3 Å². The van der Waals surface area contributed by atoms with E-state index in [0.29, 0.717) is 12.9 Å². The summed E-state index contributed by atoms with van der Waals surface area (Å²) in [5.74, 6) is 0. The predicted octanol–water partition coefficient (Wildman–Crippen LogP) is -0.0334. The van der Waals surface area contributed by atoms with E-state index in [0.717, 1.165) is 19.3 Å². The van der Waals surface area contributed by atoms with Crippen molar-refractivity contribution in [1.82, 2.24) is 0 Å². The molecule has 0 aromatic carbocycles. The maximum absolute atomic E-state index is 12.1. The summed E-state index contributed by atoms with van der Waals surface area (Å²) in [4.78, 5) is 22.9. The second-order valence-corrected chi connectivity index (χ2v) is 8.13. The van der Waals surface area contributed by atoms with Crippen molar-refractivity contribution < 1.29 is 48.6 Å². The largest absolute Gasteiger partial charge is 0.394 e. The predicted molar refractivity (Wildman–Crippen MR) is 113 cm³/mol. The van der Waals surface area contributed by atoms with Gasteiger partial charge in [-0.15, -0.1) is 0 Å². The number of halogens is 1. The Kier molecular flexibility index (Phi) is 13.7. The molecule has 8 unspecified atom stereocenters. The number of unbranched alkanes of at least 4 members (excludes halogenated alkanes) is 2. The third-order valence-electron chi connectivity index (χ3n) is 4.69. The van der Waals surface area contributed by atoms with Crippen LogP contribution in [0.2, 0.25) is 0 Å². The minimum absolute atomic E-state index is 0.0941. The molecular formula is C19H33IO10. The van der Waals surface area contributed by atoms with E-state index in [2.05, 4.69) is 6.92 Å². The molecule has 1 heterocycles. The Labute approximate surface area is 190 Å². The molecule has 1 fully saturated rings. The summed E-state index contributed by atoms with van der Waals surface area (Å²) in [6, 6.07) is 0. The van der Waals surface area contributed by atoms with E-state index in [4.69, 9.17) is 23.7 Å². The topological polar surface area (TPSA) is 141 Å². The molecule has 1 aliphatic heterocycles. The molecule has 0 amide bonds. The highest BCUT2D eigenvalue weighted by Gasteiger charge is 2.47. The molecule has 3 N–H and O–H groups in total. The monoisotopic (exact) mass is 548 g/mol. The van der Waals surface area contributed by atoms with E-state index in [1.54, 1.807) is 0 Å². The SMILES string of the molecule is CCCCCOCC1OC(OC(C(=O)I)C(CO)OC(C)C=O)C(O)C(O)C1OC. The van der Waals surface area contributed by atoms with Gasteiger partial charge in [-0.3, -0.25) is 4.79 Å². The Balaban J connectivity index is 2.87. The van der Waals surface area contributed by atoms with E-state index in [1.165, 1.54) is 36.6 Å². The first kappa shape index (κ1) is 27.8. The van der Waals surface area contributed by atoms with Crippen LogP contribution in [0.1, 0.15) is 33.1 Å². The number of carbonyl (C=O) groups is 2. The summed E-state index contributed by atoms with van der Waals surface area (Å²) in [5.41, 5.74) is 0. The maximum Gasteiger partial charge on any atom is 0.223 e. The van der Waals surface area contributed by atoms with Gasteiger partial charge in [-0.2, -0.15) is 0 Å². The van der Waals surface area contributed by atoms with Gasteiger partial charge in [-0.25, -0.2) is 0 Å². The summed E-state index contributed by atoms with van der Waals surface area (Å²) < 4.78 is 27.0. The normalized spacial score (nSPS) is 29.9. The Morgan fingerprint density at radius 1 is 1.27 bits per heavy atom. The molecule has 8 atom stereocenters. The number of hydrogen-bond donors (Lipinski definition) is 3. The minimum atomic E-state index is -1.52. The first-order valence-electron chi connectivity index (χ1n) is 9.99. The standard InChI is InChI=1S/C19H33IO10/c1-4-5-6-7-27-10-13-16(26-3)14(23)15(24)19(29-13)30-17(18(20)25)12(9-22)28-11(2)8-21/h8,11-17,19,22-24H,4-7,9-10H2,1-3H3. The molecule has 0 spiro atoms. The summed E-state index contributed by atoms with van der Waals surface area (Å²) in [5, 5.41) is 30.5. The molecule has 0 aromatic rings. The molecule has 10 nitrogen and oxygen atoms in total. The maximum atomic E-state index is 12.1. The average Bonchev–Trinajstić information content (AvgIpc) is 2.73. The van der Waals surface area contributed by atoms with Crippen molar-refractivity contribution in [1.29, 1.82) is 0 Å².